The lowest BCUT2D eigenvalue weighted by atomic mass is 10.3. The highest BCUT2D eigenvalue weighted by molar-refractivity contribution is 9.10. The number of hydrogen-bond donors (Lipinski definition) is 2. The molecule has 1 aromatic carbocycles. The summed E-state index contributed by atoms with van der Waals surface area (Å²) < 4.78 is 42.3. The van der Waals surface area contributed by atoms with E-state index in [-0.39, 0.29) is 16.4 Å². The third kappa shape index (κ3) is 3.35. The van der Waals surface area contributed by atoms with Gasteiger partial charge in [0.05, 0.1) is 5.69 Å². The van der Waals surface area contributed by atoms with Crippen LogP contribution in [0.5, 0.6) is 0 Å². The minimum absolute atomic E-state index is 0.122. The molecular weight excluding hydrogens is 363 g/mol. The van der Waals surface area contributed by atoms with E-state index < -0.39 is 15.8 Å². The summed E-state index contributed by atoms with van der Waals surface area (Å²) >= 11 is 3.10. The summed E-state index contributed by atoms with van der Waals surface area (Å²) in [5.74, 6) is -0.809. The summed E-state index contributed by atoms with van der Waals surface area (Å²) in [6, 6.07) is 4.15. The Morgan fingerprint density at radius 2 is 2.19 bits per heavy atom. The molecule has 0 radical (unpaired) electrons. The standard InChI is InChI=1S/C12H14BrFN4O2S/c1-2-6-18-7-10(12(15)16-18)21(19,20)17-11-8(13)4-3-5-9(11)14/h3-5,7,17H,2,6H2,1H3,(H2,15,16). The molecule has 0 aliphatic rings. The van der Waals surface area contributed by atoms with Gasteiger partial charge in [-0.25, -0.2) is 12.8 Å². The van der Waals surface area contributed by atoms with Crippen molar-refractivity contribution in [2.75, 3.05) is 10.5 Å². The van der Waals surface area contributed by atoms with Crippen molar-refractivity contribution in [3.8, 4) is 0 Å². The molecule has 0 atom stereocenters. The zero-order valence-electron chi connectivity index (χ0n) is 11.2. The molecule has 1 aromatic heterocycles. The monoisotopic (exact) mass is 376 g/mol. The predicted octanol–water partition coefficient (Wildman–Crippen LogP) is 2.58. The molecule has 0 unspecified atom stereocenters. The first-order chi connectivity index (χ1) is 9.85. The Kier molecular flexibility index (Phi) is 4.52. The maximum Gasteiger partial charge on any atom is 0.267 e. The first-order valence-electron chi connectivity index (χ1n) is 6.15. The molecular formula is C12H14BrFN4O2S. The van der Waals surface area contributed by atoms with Crippen LogP contribution >= 0.6 is 15.9 Å². The summed E-state index contributed by atoms with van der Waals surface area (Å²) in [5, 5.41) is 3.92. The SMILES string of the molecule is CCCn1cc(S(=O)(=O)Nc2c(F)cccc2Br)c(N)n1. The van der Waals surface area contributed by atoms with Crippen LogP contribution in [-0.2, 0) is 16.6 Å². The molecule has 0 bridgehead atoms. The van der Waals surface area contributed by atoms with Crippen molar-refractivity contribution in [3.05, 3.63) is 34.7 Å². The first kappa shape index (κ1) is 15.8. The maximum atomic E-state index is 13.7. The maximum absolute atomic E-state index is 13.7. The molecule has 9 heteroatoms. The highest BCUT2D eigenvalue weighted by Gasteiger charge is 2.23. The Balaban J connectivity index is 2.39. The Bertz CT molecular complexity index is 740. The zero-order valence-corrected chi connectivity index (χ0v) is 13.6. The number of aryl methyl sites for hydroxylation is 1. The summed E-state index contributed by atoms with van der Waals surface area (Å²) in [5.41, 5.74) is 5.46. The van der Waals surface area contributed by atoms with Crippen LogP contribution in [0.1, 0.15) is 13.3 Å². The largest absolute Gasteiger partial charge is 0.381 e. The number of aromatic nitrogens is 2. The van der Waals surface area contributed by atoms with E-state index in [1.165, 1.54) is 23.0 Å². The third-order valence-electron chi connectivity index (χ3n) is 2.70. The van der Waals surface area contributed by atoms with Crippen molar-refractivity contribution < 1.29 is 12.8 Å². The number of para-hydroxylation sites is 1. The molecule has 21 heavy (non-hydrogen) atoms. The third-order valence-corrected chi connectivity index (χ3v) is 4.72. The number of nitrogen functional groups attached to an aromatic ring is 1. The van der Waals surface area contributed by atoms with Crippen LogP contribution in [-0.4, -0.2) is 18.2 Å². The lowest BCUT2D eigenvalue weighted by Gasteiger charge is -2.09. The van der Waals surface area contributed by atoms with Gasteiger partial charge in [-0.2, -0.15) is 5.10 Å². The van der Waals surface area contributed by atoms with Gasteiger partial charge in [-0.15, -0.1) is 0 Å². The Morgan fingerprint density at radius 3 is 2.81 bits per heavy atom. The van der Waals surface area contributed by atoms with Crippen molar-refractivity contribution in [1.29, 1.82) is 0 Å². The fourth-order valence-electron chi connectivity index (χ4n) is 1.75. The molecule has 0 saturated carbocycles. The van der Waals surface area contributed by atoms with Crippen molar-refractivity contribution in [2.24, 2.45) is 0 Å². The second kappa shape index (κ2) is 6.02. The minimum atomic E-state index is -4.01. The van der Waals surface area contributed by atoms with Crippen LogP contribution in [0, 0.1) is 5.82 Å². The van der Waals surface area contributed by atoms with Gasteiger partial charge in [-0.3, -0.25) is 9.40 Å². The van der Waals surface area contributed by atoms with Crippen molar-refractivity contribution in [1.82, 2.24) is 9.78 Å². The van der Waals surface area contributed by atoms with Crippen LogP contribution in [0.4, 0.5) is 15.9 Å². The number of halogens is 2. The lowest BCUT2D eigenvalue weighted by Crippen LogP contribution is -2.15. The van der Waals surface area contributed by atoms with Gasteiger partial charge in [0.1, 0.15) is 10.7 Å². The van der Waals surface area contributed by atoms with E-state index in [1.807, 2.05) is 6.92 Å². The number of benzene rings is 1. The fourth-order valence-corrected chi connectivity index (χ4v) is 3.49. The fraction of sp³-hybridized carbons (Fsp3) is 0.250. The van der Waals surface area contributed by atoms with Crippen LogP contribution in [0.3, 0.4) is 0 Å². The van der Waals surface area contributed by atoms with Crippen molar-refractivity contribution in [3.63, 3.8) is 0 Å². The quantitative estimate of drug-likeness (QED) is 0.838. The lowest BCUT2D eigenvalue weighted by molar-refractivity contribution is 0.593. The van der Waals surface area contributed by atoms with Crippen LogP contribution < -0.4 is 10.5 Å². The van der Waals surface area contributed by atoms with E-state index >= 15 is 0 Å². The Morgan fingerprint density at radius 1 is 1.48 bits per heavy atom. The van der Waals surface area contributed by atoms with E-state index in [9.17, 15) is 12.8 Å². The van der Waals surface area contributed by atoms with Gasteiger partial charge < -0.3 is 5.73 Å². The summed E-state index contributed by atoms with van der Waals surface area (Å²) in [7, 11) is -4.01. The van der Waals surface area contributed by atoms with Gasteiger partial charge in [0.15, 0.2) is 5.82 Å². The topological polar surface area (TPSA) is 90.0 Å². The van der Waals surface area contributed by atoms with E-state index in [0.717, 1.165) is 12.5 Å². The number of sulfonamides is 1. The molecule has 3 N–H and O–H groups in total. The molecule has 1 heterocycles. The number of nitrogens with one attached hydrogen (secondary N) is 1. The highest BCUT2D eigenvalue weighted by atomic mass is 79.9. The van der Waals surface area contributed by atoms with Gasteiger partial charge in [0, 0.05) is 17.2 Å². The van der Waals surface area contributed by atoms with Crippen LogP contribution in [0.25, 0.3) is 0 Å². The van der Waals surface area contributed by atoms with Crippen molar-refractivity contribution >= 4 is 37.5 Å². The van der Waals surface area contributed by atoms with E-state index in [4.69, 9.17) is 5.73 Å². The van der Waals surface area contributed by atoms with E-state index in [1.54, 1.807) is 0 Å². The molecule has 2 rings (SSSR count). The molecule has 0 saturated heterocycles. The Labute approximate surface area is 130 Å². The second-order valence-corrected chi connectivity index (χ2v) is 6.85. The first-order valence-corrected chi connectivity index (χ1v) is 8.42. The van der Waals surface area contributed by atoms with Gasteiger partial charge in [0.25, 0.3) is 10.0 Å². The Hall–Kier alpha value is -1.61. The highest BCUT2D eigenvalue weighted by Crippen LogP contribution is 2.28. The molecule has 0 aliphatic carbocycles. The van der Waals surface area contributed by atoms with E-state index in [2.05, 4.69) is 25.8 Å². The summed E-state index contributed by atoms with van der Waals surface area (Å²) in [6.07, 6.45) is 2.11. The normalized spacial score (nSPS) is 11.6. The number of hydrogen-bond acceptors (Lipinski definition) is 4. The van der Waals surface area contributed by atoms with Gasteiger partial charge in [0.2, 0.25) is 0 Å². The van der Waals surface area contributed by atoms with Gasteiger partial charge >= 0.3 is 0 Å². The molecule has 0 fully saturated rings. The summed E-state index contributed by atoms with van der Waals surface area (Å²) in [4.78, 5) is -0.175. The van der Waals surface area contributed by atoms with Gasteiger partial charge in [-0.1, -0.05) is 13.0 Å². The number of rotatable bonds is 5. The average Bonchev–Trinajstić information content (AvgIpc) is 2.76. The molecule has 6 nitrogen and oxygen atoms in total. The molecule has 0 amide bonds. The number of nitrogens with two attached hydrogens (primary N) is 1. The average molecular weight is 377 g/mol. The van der Waals surface area contributed by atoms with E-state index in [0.29, 0.717) is 11.0 Å². The smallest absolute Gasteiger partial charge is 0.267 e. The second-order valence-electron chi connectivity index (χ2n) is 4.34. The summed E-state index contributed by atoms with van der Waals surface area (Å²) in [6.45, 7) is 2.48. The predicted molar refractivity (Wildman–Crippen MR) is 81.8 cm³/mol. The molecule has 0 spiro atoms. The van der Waals surface area contributed by atoms with Crippen LogP contribution in [0.2, 0.25) is 0 Å². The minimum Gasteiger partial charge on any atom is -0.381 e. The number of nitrogens with zero attached hydrogens (tertiary/aromatic N) is 2. The molecule has 2 aromatic rings. The van der Waals surface area contributed by atoms with Crippen molar-refractivity contribution in [2.45, 2.75) is 24.8 Å². The number of anilines is 2. The zero-order chi connectivity index (χ0) is 15.6. The molecule has 114 valence electrons. The van der Waals surface area contributed by atoms with Gasteiger partial charge in [-0.05, 0) is 34.5 Å². The molecule has 0 aliphatic heterocycles. The van der Waals surface area contributed by atoms with Crippen LogP contribution in [0.15, 0.2) is 33.8 Å².